The quantitative estimate of drug-likeness (QED) is 0.774. The van der Waals surface area contributed by atoms with Gasteiger partial charge in [-0.3, -0.25) is 4.79 Å². The summed E-state index contributed by atoms with van der Waals surface area (Å²) in [6.07, 6.45) is 2.58. The number of rotatable bonds is 5. The van der Waals surface area contributed by atoms with Crippen LogP contribution in [0.3, 0.4) is 0 Å². The maximum atomic E-state index is 12.1. The van der Waals surface area contributed by atoms with Crippen LogP contribution in [0.1, 0.15) is 17.7 Å². The van der Waals surface area contributed by atoms with Gasteiger partial charge in [-0.05, 0) is 36.4 Å². The zero-order valence-corrected chi connectivity index (χ0v) is 14.1. The van der Waals surface area contributed by atoms with E-state index in [1.165, 1.54) is 0 Å². The van der Waals surface area contributed by atoms with Crippen LogP contribution in [0.5, 0.6) is 0 Å². The Morgan fingerprint density at radius 2 is 2.25 bits per heavy atom. The predicted molar refractivity (Wildman–Crippen MR) is 95.4 cm³/mol. The van der Waals surface area contributed by atoms with E-state index in [9.17, 15) is 4.79 Å². The Hall–Kier alpha value is -2.34. The summed E-state index contributed by atoms with van der Waals surface area (Å²) in [5, 5.41) is 5.05. The first-order chi connectivity index (χ1) is 11.8. The number of benzene rings is 1. The zero-order chi connectivity index (χ0) is 16.4. The van der Waals surface area contributed by atoms with Gasteiger partial charge in [-0.25, -0.2) is 0 Å². The number of amides is 1. The molecule has 1 unspecified atom stereocenters. The Bertz CT molecular complexity index is 795. The van der Waals surface area contributed by atoms with Crippen LogP contribution in [-0.2, 0) is 11.2 Å². The van der Waals surface area contributed by atoms with Gasteiger partial charge >= 0.3 is 0 Å². The molecule has 24 heavy (non-hydrogen) atoms. The summed E-state index contributed by atoms with van der Waals surface area (Å²) in [6.45, 7) is 1.54. The average Bonchev–Trinajstić information content (AvgIpc) is 3.32. The van der Waals surface area contributed by atoms with E-state index >= 15 is 0 Å². The number of nitrogens with one attached hydrogen (secondary N) is 1. The fourth-order valence-electron chi connectivity index (χ4n) is 3.15. The standard InChI is InChI=1S/C18H19N3O2S/c22-17(11-14-6-4-10-24-14)19-12-13-5-3-9-21(13)18-20-15-7-1-2-8-16(15)23-18/h1-2,4,6-8,10,13H,3,5,9,11-12H2,(H,19,22). The predicted octanol–water partition coefficient (Wildman–Crippen LogP) is 3.22. The molecule has 124 valence electrons. The molecule has 0 bridgehead atoms. The lowest BCUT2D eigenvalue weighted by molar-refractivity contribution is -0.120. The fraction of sp³-hybridized carbons (Fsp3) is 0.333. The van der Waals surface area contributed by atoms with E-state index in [4.69, 9.17) is 4.42 Å². The molecule has 6 heteroatoms. The van der Waals surface area contributed by atoms with Crippen LogP contribution in [-0.4, -0.2) is 30.0 Å². The van der Waals surface area contributed by atoms with Crippen LogP contribution in [0.4, 0.5) is 6.01 Å². The van der Waals surface area contributed by atoms with Gasteiger partial charge in [0, 0.05) is 18.0 Å². The number of thiophene rings is 1. The number of carbonyl (C=O) groups excluding carboxylic acids is 1. The van der Waals surface area contributed by atoms with Crippen molar-refractivity contribution in [2.24, 2.45) is 0 Å². The molecule has 3 aromatic rings. The average molecular weight is 341 g/mol. The highest BCUT2D eigenvalue weighted by Gasteiger charge is 2.28. The largest absolute Gasteiger partial charge is 0.423 e. The molecule has 1 aliphatic rings. The molecule has 0 saturated carbocycles. The van der Waals surface area contributed by atoms with E-state index in [1.807, 2.05) is 41.8 Å². The van der Waals surface area contributed by atoms with Gasteiger partial charge < -0.3 is 14.6 Å². The van der Waals surface area contributed by atoms with Crippen molar-refractivity contribution in [3.8, 4) is 0 Å². The molecule has 3 heterocycles. The molecular weight excluding hydrogens is 322 g/mol. The number of oxazole rings is 1. The summed E-state index contributed by atoms with van der Waals surface area (Å²) in [7, 11) is 0. The number of hydrogen-bond acceptors (Lipinski definition) is 5. The third-order valence-corrected chi connectivity index (χ3v) is 5.23. The first-order valence-electron chi connectivity index (χ1n) is 8.21. The van der Waals surface area contributed by atoms with Gasteiger partial charge in [-0.15, -0.1) is 11.3 Å². The van der Waals surface area contributed by atoms with Crippen LogP contribution in [0.15, 0.2) is 46.2 Å². The van der Waals surface area contributed by atoms with Crippen molar-refractivity contribution in [2.75, 3.05) is 18.0 Å². The molecule has 1 fully saturated rings. The monoisotopic (exact) mass is 341 g/mol. The van der Waals surface area contributed by atoms with Crippen LogP contribution in [0, 0.1) is 0 Å². The Balaban J connectivity index is 1.40. The first kappa shape index (κ1) is 15.2. The number of anilines is 1. The Labute approximate surface area is 144 Å². The summed E-state index contributed by atoms with van der Waals surface area (Å²) in [4.78, 5) is 19.9. The van der Waals surface area contributed by atoms with Crippen molar-refractivity contribution in [3.63, 3.8) is 0 Å². The van der Waals surface area contributed by atoms with E-state index < -0.39 is 0 Å². The summed E-state index contributed by atoms with van der Waals surface area (Å²) >= 11 is 1.61. The van der Waals surface area contributed by atoms with E-state index in [-0.39, 0.29) is 11.9 Å². The molecule has 0 aliphatic carbocycles. The van der Waals surface area contributed by atoms with Gasteiger partial charge in [0.05, 0.1) is 12.5 Å². The number of nitrogens with zero attached hydrogens (tertiary/aromatic N) is 2. The van der Waals surface area contributed by atoms with Crippen molar-refractivity contribution in [1.29, 1.82) is 0 Å². The van der Waals surface area contributed by atoms with Gasteiger partial charge in [0.1, 0.15) is 5.52 Å². The lowest BCUT2D eigenvalue weighted by Gasteiger charge is -2.23. The van der Waals surface area contributed by atoms with Crippen molar-refractivity contribution >= 4 is 34.4 Å². The molecule has 2 aromatic heterocycles. The normalized spacial score (nSPS) is 17.5. The summed E-state index contributed by atoms with van der Waals surface area (Å²) in [5.41, 5.74) is 1.68. The Morgan fingerprint density at radius 3 is 3.08 bits per heavy atom. The molecular formula is C18H19N3O2S. The SMILES string of the molecule is O=C(Cc1cccs1)NCC1CCCN1c1nc2ccccc2o1. The topological polar surface area (TPSA) is 58.4 Å². The molecule has 5 nitrogen and oxygen atoms in total. The van der Waals surface area contributed by atoms with Crippen molar-refractivity contribution < 1.29 is 9.21 Å². The second-order valence-corrected chi connectivity index (χ2v) is 7.05. The number of hydrogen-bond donors (Lipinski definition) is 1. The molecule has 1 atom stereocenters. The minimum Gasteiger partial charge on any atom is -0.423 e. The summed E-state index contributed by atoms with van der Waals surface area (Å²) < 4.78 is 5.88. The smallest absolute Gasteiger partial charge is 0.298 e. The lowest BCUT2D eigenvalue weighted by atomic mass is 10.2. The van der Waals surface area contributed by atoms with E-state index in [0.717, 1.165) is 35.4 Å². The van der Waals surface area contributed by atoms with Gasteiger partial charge in [0.2, 0.25) is 5.91 Å². The summed E-state index contributed by atoms with van der Waals surface area (Å²) in [5.74, 6) is 0.0712. The number of carbonyl (C=O) groups is 1. The molecule has 1 amide bonds. The third-order valence-electron chi connectivity index (χ3n) is 4.36. The summed E-state index contributed by atoms with van der Waals surface area (Å²) in [6, 6.07) is 12.7. The maximum Gasteiger partial charge on any atom is 0.298 e. The van der Waals surface area contributed by atoms with Crippen LogP contribution in [0.25, 0.3) is 11.1 Å². The fourth-order valence-corrected chi connectivity index (χ4v) is 3.85. The number of fused-ring (bicyclic) bond motifs is 1. The third kappa shape index (κ3) is 3.14. The van der Waals surface area contributed by atoms with Gasteiger partial charge in [-0.2, -0.15) is 4.98 Å². The minimum atomic E-state index is 0.0712. The van der Waals surface area contributed by atoms with Gasteiger partial charge in [0.15, 0.2) is 5.58 Å². The Kier molecular flexibility index (Phi) is 4.21. The van der Waals surface area contributed by atoms with E-state index in [1.54, 1.807) is 11.3 Å². The van der Waals surface area contributed by atoms with E-state index in [0.29, 0.717) is 19.0 Å². The number of para-hydroxylation sites is 2. The van der Waals surface area contributed by atoms with Gasteiger partial charge in [-0.1, -0.05) is 18.2 Å². The highest BCUT2D eigenvalue weighted by molar-refractivity contribution is 7.10. The number of aromatic nitrogens is 1. The molecule has 1 saturated heterocycles. The molecule has 1 N–H and O–H groups in total. The van der Waals surface area contributed by atoms with Crippen LogP contribution < -0.4 is 10.2 Å². The van der Waals surface area contributed by atoms with Crippen molar-refractivity contribution in [1.82, 2.24) is 10.3 Å². The minimum absolute atomic E-state index is 0.0712. The second kappa shape index (κ2) is 6.65. The highest BCUT2D eigenvalue weighted by atomic mass is 32.1. The maximum absolute atomic E-state index is 12.1. The van der Waals surface area contributed by atoms with Crippen LogP contribution in [0.2, 0.25) is 0 Å². The Morgan fingerprint density at radius 1 is 1.33 bits per heavy atom. The van der Waals surface area contributed by atoms with Crippen molar-refractivity contribution in [3.05, 3.63) is 46.7 Å². The van der Waals surface area contributed by atoms with E-state index in [2.05, 4.69) is 15.2 Å². The molecule has 1 aliphatic heterocycles. The first-order valence-corrected chi connectivity index (χ1v) is 9.09. The lowest BCUT2D eigenvalue weighted by Crippen LogP contribution is -2.40. The highest BCUT2D eigenvalue weighted by Crippen LogP contribution is 2.28. The zero-order valence-electron chi connectivity index (χ0n) is 13.3. The molecule has 4 rings (SSSR count). The molecule has 0 spiro atoms. The molecule has 1 aromatic carbocycles. The van der Waals surface area contributed by atoms with Crippen LogP contribution >= 0.6 is 11.3 Å². The van der Waals surface area contributed by atoms with Gasteiger partial charge in [0.25, 0.3) is 6.01 Å². The second-order valence-electron chi connectivity index (χ2n) is 6.01. The molecule has 0 radical (unpaired) electrons. The van der Waals surface area contributed by atoms with Crippen molar-refractivity contribution in [2.45, 2.75) is 25.3 Å².